The summed E-state index contributed by atoms with van der Waals surface area (Å²) < 4.78 is 18.6. The van der Waals surface area contributed by atoms with Gasteiger partial charge in [-0.25, -0.2) is 4.39 Å². The third-order valence-electron chi connectivity index (χ3n) is 3.47. The Balaban J connectivity index is 1.92. The van der Waals surface area contributed by atoms with Crippen molar-refractivity contribution in [2.24, 2.45) is 5.92 Å². The molecule has 0 aliphatic heterocycles. The van der Waals surface area contributed by atoms with Gasteiger partial charge in [0.05, 0.1) is 6.07 Å². The predicted octanol–water partition coefficient (Wildman–Crippen LogP) is 2.32. The van der Waals surface area contributed by atoms with E-state index in [1.54, 1.807) is 13.0 Å². The van der Waals surface area contributed by atoms with Gasteiger partial charge in [-0.05, 0) is 50.3 Å². The molecular formula is C15H17FN2O2. The van der Waals surface area contributed by atoms with Crippen LogP contribution in [0, 0.1) is 30.0 Å². The van der Waals surface area contributed by atoms with Gasteiger partial charge >= 0.3 is 0 Å². The van der Waals surface area contributed by atoms with Crippen LogP contribution >= 0.6 is 0 Å². The molecule has 1 saturated carbocycles. The average Bonchev–Trinajstić information content (AvgIpc) is 3.24. The van der Waals surface area contributed by atoms with E-state index in [1.807, 2.05) is 6.92 Å². The van der Waals surface area contributed by atoms with Crippen LogP contribution in [-0.4, -0.2) is 18.1 Å². The molecule has 1 aromatic carbocycles. The predicted molar refractivity (Wildman–Crippen MR) is 71.5 cm³/mol. The van der Waals surface area contributed by atoms with Crippen LogP contribution in [-0.2, 0) is 4.79 Å². The van der Waals surface area contributed by atoms with E-state index in [0.29, 0.717) is 0 Å². The number of hydrogen-bond donors (Lipinski definition) is 1. The lowest BCUT2D eigenvalue weighted by atomic mass is 9.98. The summed E-state index contributed by atoms with van der Waals surface area (Å²) in [5, 5.41) is 11.8. The molecule has 0 radical (unpaired) electrons. The highest BCUT2D eigenvalue weighted by Crippen LogP contribution is 2.39. The molecule has 1 atom stereocenters. The van der Waals surface area contributed by atoms with Crippen LogP contribution < -0.4 is 10.1 Å². The molecule has 1 aliphatic carbocycles. The standard InChI is InChI=1S/C15H17FN2O2/c1-10-3-6-12(16)13(7-10)20-8-14(19)18-15(2,9-17)11-4-5-11/h3,6-7,11H,4-5,8H2,1-2H3,(H,18,19). The van der Waals surface area contributed by atoms with Gasteiger partial charge in [0.15, 0.2) is 18.2 Å². The second-order valence-electron chi connectivity index (χ2n) is 5.36. The van der Waals surface area contributed by atoms with E-state index < -0.39 is 17.3 Å². The highest BCUT2D eigenvalue weighted by Gasteiger charge is 2.43. The maximum atomic E-state index is 13.5. The largest absolute Gasteiger partial charge is 0.481 e. The van der Waals surface area contributed by atoms with Crippen molar-refractivity contribution in [3.8, 4) is 11.8 Å². The van der Waals surface area contributed by atoms with Crippen molar-refractivity contribution in [2.45, 2.75) is 32.2 Å². The molecule has 0 saturated heterocycles. The molecule has 106 valence electrons. The minimum absolute atomic E-state index is 0.0465. The summed E-state index contributed by atoms with van der Waals surface area (Å²) in [7, 11) is 0. The first-order chi connectivity index (χ1) is 9.44. The molecule has 4 nitrogen and oxygen atoms in total. The lowest BCUT2D eigenvalue weighted by molar-refractivity contribution is -0.124. The van der Waals surface area contributed by atoms with Gasteiger partial charge in [-0.2, -0.15) is 5.26 Å². The number of ether oxygens (including phenoxy) is 1. The highest BCUT2D eigenvalue weighted by atomic mass is 19.1. The number of halogens is 1. The Labute approximate surface area is 117 Å². The normalized spacial score (nSPS) is 16.9. The number of rotatable bonds is 5. The van der Waals surface area contributed by atoms with Crippen molar-refractivity contribution in [3.63, 3.8) is 0 Å². The average molecular weight is 276 g/mol. The molecule has 0 aromatic heterocycles. The molecule has 0 spiro atoms. The molecule has 1 N–H and O–H groups in total. The first-order valence-corrected chi connectivity index (χ1v) is 6.56. The van der Waals surface area contributed by atoms with Gasteiger partial charge in [0.25, 0.3) is 5.91 Å². The van der Waals surface area contributed by atoms with Crippen molar-refractivity contribution in [1.29, 1.82) is 5.26 Å². The summed E-state index contributed by atoms with van der Waals surface area (Å²) in [6.45, 7) is 3.21. The van der Waals surface area contributed by atoms with Crippen LogP contribution in [0.15, 0.2) is 18.2 Å². The third-order valence-corrected chi connectivity index (χ3v) is 3.47. The molecule has 20 heavy (non-hydrogen) atoms. The fourth-order valence-electron chi connectivity index (χ4n) is 2.07. The maximum Gasteiger partial charge on any atom is 0.259 e. The molecule has 0 bridgehead atoms. The fourth-order valence-corrected chi connectivity index (χ4v) is 2.07. The number of nitrogens with one attached hydrogen (secondary N) is 1. The summed E-state index contributed by atoms with van der Waals surface area (Å²) in [4.78, 5) is 11.8. The van der Waals surface area contributed by atoms with Crippen molar-refractivity contribution in [3.05, 3.63) is 29.6 Å². The minimum atomic E-state index is -0.856. The quantitative estimate of drug-likeness (QED) is 0.897. The Bertz CT molecular complexity index is 563. The number of carbonyl (C=O) groups excluding carboxylic acids is 1. The van der Waals surface area contributed by atoms with E-state index >= 15 is 0 Å². The molecule has 1 fully saturated rings. The summed E-state index contributed by atoms with van der Waals surface area (Å²) in [6, 6.07) is 6.59. The first kappa shape index (κ1) is 14.3. The lowest BCUT2D eigenvalue weighted by Gasteiger charge is -2.22. The van der Waals surface area contributed by atoms with Gasteiger partial charge in [0, 0.05) is 0 Å². The molecule has 1 aromatic rings. The van der Waals surface area contributed by atoms with Crippen LogP contribution in [0.4, 0.5) is 4.39 Å². The first-order valence-electron chi connectivity index (χ1n) is 6.56. The molecule has 1 aliphatic rings. The molecular weight excluding hydrogens is 259 g/mol. The van der Waals surface area contributed by atoms with Gasteiger partial charge < -0.3 is 10.1 Å². The number of aryl methyl sites for hydroxylation is 1. The van der Waals surface area contributed by atoms with E-state index in [0.717, 1.165) is 18.4 Å². The Morgan fingerprint density at radius 1 is 1.60 bits per heavy atom. The smallest absolute Gasteiger partial charge is 0.259 e. The number of hydrogen-bond acceptors (Lipinski definition) is 3. The van der Waals surface area contributed by atoms with Crippen LogP contribution in [0.5, 0.6) is 5.75 Å². The monoisotopic (exact) mass is 276 g/mol. The SMILES string of the molecule is Cc1ccc(F)c(OCC(=O)NC(C)(C#N)C2CC2)c1. The zero-order valence-electron chi connectivity index (χ0n) is 11.6. The Morgan fingerprint density at radius 3 is 2.90 bits per heavy atom. The summed E-state index contributed by atoms with van der Waals surface area (Å²) in [6.07, 6.45) is 1.88. The van der Waals surface area contributed by atoms with E-state index in [1.165, 1.54) is 12.1 Å². The molecule has 0 heterocycles. The molecule has 2 rings (SSSR count). The van der Waals surface area contributed by atoms with Crippen LogP contribution in [0.25, 0.3) is 0 Å². The topological polar surface area (TPSA) is 62.1 Å². The second-order valence-corrected chi connectivity index (χ2v) is 5.36. The fraction of sp³-hybridized carbons (Fsp3) is 0.467. The van der Waals surface area contributed by atoms with Crippen molar-refractivity contribution < 1.29 is 13.9 Å². The Morgan fingerprint density at radius 2 is 2.30 bits per heavy atom. The van der Waals surface area contributed by atoms with Crippen LogP contribution in [0.1, 0.15) is 25.3 Å². The molecule has 1 unspecified atom stereocenters. The number of carbonyl (C=O) groups is 1. The number of benzene rings is 1. The zero-order chi connectivity index (χ0) is 14.8. The number of nitrogens with zero attached hydrogens (tertiary/aromatic N) is 1. The lowest BCUT2D eigenvalue weighted by Crippen LogP contribution is -2.48. The Hall–Kier alpha value is -2.09. The minimum Gasteiger partial charge on any atom is -0.481 e. The second kappa shape index (κ2) is 5.49. The van der Waals surface area contributed by atoms with Gasteiger partial charge in [0.1, 0.15) is 5.54 Å². The zero-order valence-corrected chi connectivity index (χ0v) is 11.6. The summed E-state index contributed by atoms with van der Waals surface area (Å²) in [5.74, 6) is -0.673. The van der Waals surface area contributed by atoms with E-state index in [9.17, 15) is 9.18 Å². The number of amides is 1. The van der Waals surface area contributed by atoms with Crippen molar-refractivity contribution >= 4 is 5.91 Å². The third kappa shape index (κ3) is 3.27. The molecule has 1 amide bonds. The van der Waals surface area contributed by atoms with Crippen LogP contribution in [0.2, 0.25) is 0 Å². The summed E-state index contributed by atoms with van der Waals surface area (Å²) in [5.41, 5.74) is -0.00681. The van der Waals surface area contributed by atoms with Crippen molar-refractivity contribution in [2.75, 3.05) is 6.61 Å². The van der Waals surface area contributed by atoms with Gasteiger partial charge in [-0.3, -0.25) is 4.79 Å². The van der Waals surface area contributed by atoms with Gasteiger partial charge in [-0.15, -0.1) is 0 Å². The van der Waals surface area contributed by atoms with Gasteiger partial charge in [-0.1, -0.05) is 6.07 Å². The van der Waals surface area contributed by atoms with Crippen LogP contribution in [0.3, 0.4) is 0 Å². The summed E-state index contributed by atoms with van der Waals surface area (Å²) >= 11 is 0. The van der Waals surface area contributed by atoms with E-state index in [-0.39, 0.29) is 18.3 Å². The molecule has 5 heteroatoms. The highest BCUT2D eigenvalue weighted by molar-refractivity contribution is 5.79. The van der Waals surface area contributed by atoms with E-state index in [2.05, 4.69) is 11.4 Å². The van der Waals surface area contributed by atoms with Crippen molar-refractivity contribution in [1.82, 2.24) is 5.32 Å². The number of nitriles is 1. The Kier molecular flexibility index (Phi) is 3.93. The van der Waals surface area contributed by atoms with Gasteiger partial charge in [0.2, 0.25) is 0 Å². The maximum absolute atomic E-state index is 13.5. The van der Waals surface area contributed by atoms with E-state index in [4.69, 9.17) is 10.00 Å².